The molecule has 1 saturated heterocycles. The Morgan fingerprint density at radius 2 is 2.22 bits per heavy atom. The number of methoxy groups -OCH3 is 1. The number of amides is 2. The van der Waals surface area contributed by atoms with E-state index >= 15 is 0 Å². The molecule has 1 aromatic carbocycles. The Morgan fingerprint density at radius 3 is 2.91 bits per heavy atom. The lowest BCUT2D eigenvalue weighted by molar-refractivity contribution is -0.119. The number of nitrogens with one attached hydrogen (secondary N) is 1. The van der Waals surface area contributed by atoms with E-state index in [1.807, 2.05) is 0 Å². The molecule has 2 heterocycles. The van der Waals surface area contributed by atoms with Crippen molar-refractivity contribution in [3.63, 3.8) is 0 Å². The van der Waals surface area contributed by atoms with Gasteiger partial charge in [-0.25, -0.2) is 0 Å². The maximum atomic E-state index is 12.1. The predicted octanol–water partition coefficient (Wildman–Crippen LogP) is 2.45. The highest BCUT2D eigenvalue weighted by atomic mass is 16.5. The lowest BCUT2D eigenvalue weighted by Crippen LogP contribution is -2.35. The van der Waals surface area contributed by atoms with Crippen LogP contribution in [0.3, 0.4) is 0 Å². The van der Waals surface area contributed by atoms with Crippen LogP contribution in [0.4, 0.5) is 11.4 Å². The summed E-state index contributed by atoms with van der Waals surface area (Å²) >= 11 is 0. The van der Waals surface area contributed by atoms with E-state index in [0.29, 0.717) is 30.1 Å². The molecule has 0 spiro atoms. The van der Waals surface area contributed by atoms with Gasteiger partial charge < -0.3 is 19.5 Å². The van der Waals surface area contributed by atoms with Gasteiger partial charge >= 0.3 is 0 Å². The quantitative estimate of drug-likeness (QED) is 0.936. The number of hydrogen-bond acceptors (Lipinski definition) is 5. The van der Waals surface area contributed by atoms with Crippen LogP contribution in [0.15, 0.2) is 35.0 Å². The molecule has 1 aliphatic heterocycles. The predicted molar refractivity (Wildman–Crippen MR) is 83.7 cm³/mol. The highest BCUT2D eigenvalue weighted by Gasteiger charge is 2.23. The number of ether oxygens (including phenoxy) is 1. The van der Waals surface area contributed by atoms with Crippen LogP contribution in [0.2, 0.25) is 0 Å². The summed E-state index contributed by atoms with van der Waals surface area (Å²) in [6, 6.07) is 6.66. The number of rotatable bonds is 4. The van der Waals surface area contributed by atoms with Gasteiger partial charge in [0.15, 0.2) is 0 Å². The third kappa shape index (κ3) is 3.18. The summed E-state index contributed by atoms with van der Waals surface area (Å²) in [5.41, 5.74) is 1.22. The van der Waals surface area contributed by atoms with Crippen LogP contribution >= 0.6 is 0 Å². The summed E-state index contributed by atoms with van der Waals surface area (Å²) in [4.78, 5) is 25.9. The van der Waals surface area contributed by atoms with Gasteiger partial charge in [0.25, 0.3) is 5.91 Å². The maximum Gasteiger partial charge on any atom is 0.294 e. The first-order valence-electron chi connectivity index (χ1n) is 7.39. The molecule has 0 aliphatic carbocycles. The van der Waals surface area contributed by atoms with Crippen molar-refractivity contribution in [3.8, 4) is 5.75 Å². The molecule has 1 fully saturated rings. The summed E-state index contributed by atoms with van der Waals surface area (Å²) in [7, 11) is 1.56. The summed E-state index contributed by atoms with van der Waals surface area (Å²) < 4.78 is 10.2. The van der Waals surface area contributed by atoms with Crippen molar-refractivity contribution < 1.29 is 18.8 Å². The molecular weight excluding hydrogens is 298 g/mol. The molecule has 0 saturated carbocycles. The van der Waals surface area contributed by atoms with Crippen LogP contribution in [-0.2, 0) is 4.79 Å². The number of carbonyl (C=O) groups is 2. The van der Waals surface area contributed by atoms with Crippen molar-refractivity contribution in [1.82, 2.24) is 5.16 Å². The Balaban J connectivity index is 1.86. The van der Waals surface area contributed by atoms with Crippen LogP contribution in [0.25, 0.3) is 0 Å². The van der Waals surface area contributed by atoms with E-state index in [4.69, 9.17) is 9.26 Å². The topological polar surface area (TPSA) is 84.7 Å². The second-order valence-corrected chi connectivity index (χ2v) is 5.22. The SMILES string of the molecule is COc1ccc(NC(=O)c2ccno2)cc1N1CCCCC1=O. The van der Waals surface area contributed by atoms with Crippen molar-refractivity contribution in [1.29, 1.82) is 0 Å². The molecule has 7 heteroatoms. The Bertz CT molecular complexity index is 712. The molecule has 2 aromatic rings. The molecule has 0 atom stereocenters. The third-order valence-corrected chi connectivity index (χ3v) is 3.71. The fourth-order valence-electron chi connectivity index (χ4n) is 2.56. The van der Waals surface area contributed by atoms with E-state index in [-0.39, 0.29) is 11.7 Å². The monoisotopic (exact) mass is 315 g/mol. The van der Waals surface area contributed by atoms with Crippen LogP contribution in [0, 0.1) is 0 Å². The molecule has 3 rings (SSSR count). The fourth-order valence-corrected chi connectivity index (χ4v) is 2.56. The highest BCUT2D eigenvalue weighted by Crippen LogP contribution is 2.33. The van der Waals surface area contributed by atoms with Gasteiger partial charge in [0.05, 0.1) is 19.0 Å². The maximum absolute atomic E-state index is 12.1. The van der Waals surface area contributed by atoms with E-state index in [2.05, 4.69) is 10.5 Å². The molecule has 120 valence electrons. The first-order chi connectivity index (χ1) is 11.2. The number of benzene rings is 1. The number of piperidine rings is 1. The zero-order chi connectivity index (χ0) is 16.2. The first kappa shape index (κ1) is 15.1. The van der Waals surface area contributed by atoms with Gasteiger partial charge in [-0.3, -0.25) is 9.59 Å². The van der Waals surface area contributed by atoms with Gasteiger partial charge in [-0.1, -0.05) is 5.16 Å². The van der Waals surface area contributed by atoms with Gasteiger partial charge in [-0.15, -0.1) is 0 Å². The highest BCUT2D eigenvalue weighted by molar-refractivity contribution is 6.03. The van der Waals surface area contributed by atoms with Crippen molar-refractivity contribution in [3.05, 3.63) is 36.2 Å². The van der Waals surface area contributed by atoms with E-state index in [1.54, 1.807) is 30.2 Å². The van der Waals surface area contributed by atoms with Gasteiger partial charge in [0.1, 0.15) is 5.75 Å². The Kier molecular flexibility index (Phi) is 4.27. The van der Waals surface area contributed by atoms with Crippen molar-refractivity contribution >= 4 is 23.2 Å². The van der Waals surface area contributed by atoms with E-state index in [0.717, 1.165) is 12.8 Å². The van der Waals surface area contributed by atoms with Crippen molar-refractivity contribution in [2.75, 3.05) is 23.9 Å². The number of hydrogen-bond donors (Lipinski definition) is 1. The minimum absolute atomic E-state index is 0.0632. The van der Waals surface area contributed by atoms with Crippen molar-refractivity contribution in [2.24, 2.45) is 0 Å². The molecule has 2 amide bonds. The smallest absolute Gasteiger partial charge is 0.294 e. The summed E-state index contributed by atoms with van der Waals surface area (Å²) in [5.74, 6) is 0.381. The molecule has 23 heavy (non-hydrogen) atoms. The minimum atomic E-state index is -0.399. The normalized spacial score (nSPS) is 14.7. The molecule has 0 radical (unpaired) electrons. The Hall–Kier alpha value is -2.83. The Labute approximate surface area is 133 Å². The molecule has 1 aromatic heterocycles. The van der Waals surface area contributed by atoms with Crippen LogP contribution in [0.5, 0.6) is 5.75 Å². The van der Waals surface area contributed by atoms with Gasteiger partial charge in [0.2, 0.25) is 11.7 Å². The average Bonchev–Trinajstić information content (AvgIpc) is 3.10. The van der Waals surface area contributed by atoms with Crippen LogP contribution < -0.4 is 15.0 Å². The van der Waals surface area contributed by atoms with Gasteiger partial charge in [-0.2, -0.15) is 0 Å². The largest absolute Gasteiger partial charge is 0.495 e. The van der Waals surface area contributed by atoms with Crippen LogP contribution in [0.1, 0.15) is 29.8 Å². The molecule has 7 nitrogen and oxygen atoms in total. The van der Waals surface area contributed by atoms with Gasteiger partial charge in [-0.05, 0) is 31.0 Å². The lowest BCUT2D eigenvalue weighted by atomic mass is 10.1. The van der Waals surface area contributed by atoms with E-state index in [1.165, 1.54) is 12.3 Å². The lowest BCUT2D eigenvalue weighted by Gasteiger charge is -2.28. The second-order valence-electron chi connectivity index (χ2n) is 5.22. The Morgan fingerprint density at radius 1 is 1.35 bits per heavy atom. The summed E-state index contributed by atoms with van der Waals surface area (Å²) in [6.07, 6.45) is 3.78. The first-order valence-corrected chi connectivity index (χ1v) is 7.39. The molecule has 1 N–H and O–H groups in total. The second kappa shape index (κ2) is 6.51. The van der Waals surface area contributed by atoms with Crippen molar-refractivity contribution in [2.45, 2.75) is 19.3 Å². The zero-order valence-electron chi connectivity index (χ0n) is 12.7. The summed E-state index contributed by atoms with van der Waals surface area (Å²) in [5, 5.41) is 6.23. The summed E-state index contributed by atoms with van der Waals surface area (Å²) in [6.45, 7) is 0.648. The number of nitrogens with zero attached hydrogens (tertiary/aromatic N) is 2. The molecule has 1 aliphatic rings. The molecule has 0 bridgehead atoms. The molecular formula is C16H17N3O4. The molecule has 0 unspecified atom stereocenters. The number of aromatic nitrogens is 1. The van der Waals surface area contributed by atoms with E-state index in [9.17, 15) is 9.59 Å². The van der Waals surface area contributed by atoms with Crippen LogP contribution in [-0.4, -0.2) is 30.6 Å². The van der Waals surface area contributed by atoms with Gasteiger partial charge in [0, 0.05) is 24.7 Å². The fraction of sp³-hybridized carbons (Fsp3) is 0.312. The zero-order valence-corrected chi connectivity index (χ0v) is 12.7. The minimum Gasteiger partial charge on any atom is -0.495 e. The van der Waals surface area contributed by atoms with E-state index < -0.39 is 5.91 Å². The number of anilines is 2. The third-order valence-electron chi connectivity index (χ3n) is 3.71. The average molecular weight is 315 g/mol. The number of carbonyl (C=O) groups excluding carboxylic acids is 2. The standard InChI is InChI=1S/C16H17N3O4/c1-22-13-6-5-11(18-16(21)14-7-8-17-23-14)10-12(13)19-9-3-2-4-15(19)20/h5-8,10H,2-4,9H2,1H3,(H,18,21).